The van der Waals surface area contributed by atoms with Crippen LogP contribution in [-0.4, -0.2) is 24.1 Å². The first-order valence-electron chi connectivity index (χ1n) is 6.41. The molecule has 0 saturated heterocycles. The molecule has 18 heavy (non-hydrogen) atoms. The van der Waals surface area contributed by atoms with E-state index in [0.29, 0.717) is 6.42 Å². The highest BCUT2D eigenvalue weighted by Crippen LogP contribution is 2.12. The number of rotatable bonds is 8. The molecule has 102 valence electrons. The first-order valence-corrected chi connectivity index (χ1v) is 7.57. The lowest BCUT2D eigenvalue weighted by atomic mass is 10.1. The standard InChI is InChI=1S/C14H21F2NS/c1-3-5-17-14(10-18-4-2)8-11-6-12(15)9-13(16)7-11/h6-7,9,14,17H,3-5,8,10H2,1-2H3. The summed E-state index contributed by atoms with van der Waals surface area (Å²) < 4.78 is 26.2. The molecule has 0 aliphatic heterocycles. The van der Waals surface area contributed by atoms with Crippen molar-refractivity contribution in [2.75, 3.05) is 18.1 Å². The molecule has 0 bridgehead atoms. The Balaban J connectivity index is 2.62. The van der Waals surface area contributed by atoms with Gasteiger partial charge in [0.15, 0.2) is 0 Å². The predicted octanol–water partition coefficient (Wildman–Crippen LogP) is 3.63. The number of thioether (sulfide) groups is 1. The lowest BCUT2D eigenvalue weighted by molar-refractivity contribution is 0.540. The highest BCUT2D eigenvalue weighted by atomic mass is 32.2. The van der Waals surface area contributed by atoms with Crippen LogP contribution in [0.4, 0.5) is 8.78 Å². The molecule has 1 unspecified atom stereocenters. The van der Waals surface area contributed by atoms with Crippen molar-refractivity contribution in [3.05, 3.63) is 35.4 Å². The van der Waals surface area contributed by atoms with E-state index in [2.05, 4.69) is 19.2 Å². The van der Waals surface area contributed by atoms with Crippen LogP contribution >= 0.6 is 11.8 Å². The fraction of sp³-hybridized carbons (Fsp3) is 0.571. The summed E-state index contributed by atoms with van der Waals surface area (Å²) in [5.74, 6) is 1.03. The zero-order chi connectivity index (χ0) is 13.4. The van der Waals surface area contributed by atoms with Crippen LogP contribution in [0.2, 0.25) is 0 Å². The van der Waals surface area contributed by atoms with Crippen molar-refractivity contribution in [1.82, 2.24) is 5.32 Å². The molecule has 0 spiro atoms. The van der Waals surface area contributed by atoms with Crippen LogP contribution in [0, 0.1) is 11.6 Å². The Labute approximate surface area is 112 Å². The molecule has 0 fully saturated rings. The second-order valence-electron chi connectivity index (χ2n) is 4.29. The molecule has 0 amide bonds. The third-order valence-corrected chi connectivity index (χ3v) is 3.66. The summed E-state index contributed by atoms with van der Waals surface area (Å²) in [5, 5.41) is 3.43. The second-order valence-corrected chi connectivity index (χ2v) is 5.61. The fourth-order valence-corrected chi connectivity index (χ4v) is 2.57. The van der Waals surface area contributed by atoms with Crippen molar-refractivity contribution >= 4 is 11.8 Å². The summed E-state index contributed by atoms with van der Waals surface area (Å²) in [5.41, 5.74) is 0.720. The smallest absolute Gasteiger partial charge is 0.126 e. The van der Waals surface area contributed by atoms with E-state index in [1.807, 2.05) is 11.8 Å². The van der Waals surface area contributed by atoms with Gasteiger partial charge in [-0.05, 0) is 42.8 Å². The van der Waals surface area contributed by atoms with E-state index in [-0.39, 0.29) is 6.04 Å². The molecule has 0 aliphatic carbocycles. The quantitative estimate of drug-likeness (QED) is 0.776. The number of hydrogen-bond acceptors (Lipinski definition) is 2. The molecule has 0 saturated carbocycles. The van der Waals surface area contributed by atoms with Crippen LogP contribution in [0.25, 0.3) is 0 Å². The second kappa shape index (κ2) is 8.48. The maximum atomic E-state index is 13.1. The van der Waals surface area contributed by atoms with Gasteiger partial charge in [-0.25, -0.2) is 8.78 Å². The Morgan fingerprint density at radius 1 is 1.17 bits per heavy atom. The van der Waals surface area contributed by atoms with Gasteiger partial charge in [0.05, 0.1) is 0 Å². The maximum Gasteiger partial charge on any atom is 0.126 e. The van der Waals surface area contributed by atoms with Crippen LogP contribution in [-0.2, 0) is 6.42 Å². The summed E-state index contributed by atoms with van der Waals surface area (Å²) >= 11 is 1.84. The largest absolute Gasteiger partial charge is 0.313 e. The first-order chi connectivity index (χ1) is 8.65. The van der Waals surface area contributed by atoms with Gasteiger partial charge in [0.1, 0.15) is 11.6 Å². The third-order valence-electron chi connectivity index (χ3n) is 2.61. The highest BCUT2D eigenvalue weighted by Gasteiger charge is 2.10. The predicted molar refractivity (Wildman–Crippen MR) is 75.1 cm³/mol. The van der Waals surface area contributed by atoms with Gasteiger partial charge in [0, 0.05) is 17.9 Å². The van der Waals surface area contributed by atoms with Gasteiger partial charge >= 0.3 is 0 Å². The van der Waals surface area contributed by atoms with Gasteiger partial charge in [-0.2, -0.15) is 11.8 Å². The molecule has 1 atom stereocenters. The molecule has 0 heterocycles. The molecule has 0 aromatic heterocycles. The molecule has 0 radical (unpaired) electrons. The Bertz CT molecular complexity index is 329. The normalized spacial score (nSPS) is 12.7. The molecule has 1 nitrogen and oxygen atoms in total. The molecular formula is C14H21F2NS. The monoisotopic (exact) mass is 273 g/mol. The van der Waals surface area contributed by atoms with E-state index in [1.165, 1.54) is 12.1 Å². The minimum atomic E-state index is -0.498. The first kappa shape index (κ1) is 15.4. The van der Waals surface area contributed by atoms with Crippen molar-refractivity contribution < 1.29 is 8.78 Å². The van der Waals surface area contributed by atoms with Crippen LogP contribution in [0.3, 0.4) is 0 Å². The molecule has 1 aromatic rings. The van der Waals surface area contributed by atoms with Gasteiger partial charge in [-0.3, -0.25) is 0 Å². The lowest BCUT2D eigenvalue weighted by Crippen LogP contribution is -2.34. The van der Waals surface area contributed by atoms with Crippen LogP contribution < -0.4 is 5.32 Å². The molecular weight excluding hydrogens is 252 g/mol. The summed E-state index contributed by atoms with van der Waals surface area (Å²) in [6.45, 7) is 5.16. The van der Waals surface area contributed by atoms with Crippen molar-refractivity contribution in [3.63, 3.8) is 0 Å². The topological polar surface area (TPSA) is 12.0 Å². The van der Waals surface area contributed by atoms with Crippen LogP contribution in [0.1, 0.15) is 25.8 Å². The van der Waals surface area contributed by atoms with Gasteiger partial charge in [0.25, 0.3) is 0 Å². The Kier molecular flexibility index (Phi) is 7.28. The molecule has 4 heteroatoms. The summed E-state index contributed by atoms with van der Waals surface area (Å²) in [7, 11) is 0. The van der Waals surface area contributed by atoms with E-state index in [0.717, 1.165) is 36.1 Å². The van der Waals surface area contributed by atoms with Crippen molar-refractivity contribution in [2.24, 2.45) is 0 Å². The van der Waals surface area contributed by atoms with E-state index < -0.39 is 11.6 Å². The summed E-state index contributed by atoms with van der Waals surface area (Å²) in [4.78, 5) is 0. The summed E-state index contributed by atoms with van der Waals surface area (Å²) in [6.07, 6.45) is 1.73. The lowest BCUT2D eigenvalue weighted by Gasteiger charge is -2.18. The van der Waals surface area contributed by atoms with Crippen LogP contribution in [0.15, 0.2) is 18.2 Å². The minimum absolute atomic E-state index is 0.274. The van der Waals surface area contributed by atoms with Gasteiger partial charge < -0.3 is 5.32 Å². The number of nitrogens with one attached hydrogen (secondary N) is 1. The Morgan fingerprint density at radius 3 is 2.39 bits per heavy atom. The van der Waals surface area contributed by atoms with Crippen molar-refractivity contribution in [1.29, 1.82) is 0 Å². The maximum absolute atomic E-state index is 13.1. The highest BCUT2D eigenvalue weighted by molar-refractivity contribution is 7.99. The van der Waals surface area contributed by atoms with Gasteiger partial charge in [-0.15, -0.1) is 0 Å². The minimum Gasteiger partial charge on any atom is -0.313 e. The molecule has 1 N–H and O–H groups in total. The molecule has 1 rings (SSSR count). The molecule has 1 aromatic carbocycles. The third kappa shape index (κ3) is 5.83. The van der Waals surface area contributed by atoms with E-state index in [1.54, 1.807) is 0 Å². The van der Waals surface area contributed by atoms with Crippen molar-refractivity contribution in [3.8, 4) is 0 Å². The number of halogens is 2. The average Bonchev–Trinajstić information content (AvgIpc) is 2.31. The zero-order valence-corrected chi connectivity index (χ0v) is 11.8. The van der Waals surface area contributed by atoms with E-state index in [4.69, 9.17) is 0 Å². The Hall–Kier alpha value is -0.610. The number of benzene rings is 1. The zero-order valence-electron chi connectivity index (χ0n) is 11.0. The van der Waals surface area contributed by atoms with Gasteiger partial charge in [0.2, 0.25) is 0 Å². The Morgan fingerprint density at radius 2 is 1.83 bits per heavy atom. The summed E-state index contributed by atoms with van der Waals surface area (Å²) in [6, 6.07) is 4.02. The fourth-order valence-electron chi connectivity index (χ4n) is 1.81. The molecule has 0 aliphatic rings. The SMILES string of the molecule is CCCNC(CSCC)Cc1cc(F)cc(F)c1. The van der Waals surface area contributed by atoms with E-state index in [9.17, 15) is 8.78 Å². The van der Waals surface area contributed by atoms with Gasteiger partial charge in [-0.1, -0.05) is 13.8 Å². The van der Waals surface area contributed by atoms with E-state index >= 15 is 0 Å². The number of hydrogen-bond donors (Lipinski definition) is 1. The van der Waals surface area contributed by atoms with Crippen molar-refractivity contribution in [2.45, 2.75) is 32.7 Å². The van der Waals surface area contributed by atoms with Crippen LogP contribution in [0.5, 0.6) is 0 Å². The average molecular weight is 273 g/mol.